The fourth-order valence-electron chi connectivity index (χ4n) is 1.69. The van der Waals surface area contributed by atoms with Crippen molar-refractivity contribution in [1.82, 2.24) is 25.8 Å². The molecule has 2 rings (SSSR count). The minimum absolute atomic E-state index is 0.000254. The molecule has 1 fully saturated rings. The molecule has 3 N–H and O–H groups in total. The van der Waals surface area contributed by atoms with Gasteiger partial charge in [0.2, 0.25) is 5.91 Å². The molecule has 15 heavy (non-hydrogen) atoms. The largest absolute Gasteiger partial charge is 0.354 e. The highest BCUT2D eigenvalue weighted by Gasteiger charge is 2.21. The van der Waals surface area contributed by atoms with E-state index in [0.717, 1.165) is 25.2 Å². The normalized spacial score (nSPS) is 20.4. The van der Waals surface area contributed by atoms with Gasteiger partial charge in [-0.1, -0.05) is 0 Å². The summed E-state index contributed by atoms with van der Waals surface area (Å²) in [6, 6.07) is -0.000254. The van der Waals surface area contributed by atoms with Crippen molar-refractivity contribution in [3.8, 4) is 0 Å². The molecule has 6 heteroatoms. The summed E-state index contributed by atoms with van der Waals surface area (Å²) < 4.78 is 0. The number of carbonyl (C=O) groups excluding carboxylic acids is 1. The van der Waals surface area contributed by atoms with Gasteiger partial charge in [0, 0.05) is 13.0 Å². The predicted octanol–water partition coefficient (Wildman–Crippen LogP) is -0.785. The smallest absolute Gasteiger partial charge is 0.237 e. The van der Waals surface area contributed by atoms with Crippen molar-refractivity contribution in [2.45, 2.75) is 25.3 Å². The van der Waals surface area contributed by atoms with Crippen LogP contribution in [0.4, 0.5) is 0 Å². The van der Waals surface area contributed by atoms with E-state index in [1.54, 1.807) is 0 Å². The fourth-order valence-corrected chi connectivity index (χ4v) is 1.69. The van der Waals surface area contributed by atoms with Gasteiger partial charge in [0.15, 0.2) is 0 Å². The van der Waals surface area contributed by atoms with Gasteiger partial charge >= 0.3 is 0 Å². The zero-order valence-electron chi connectivity index (χ0n) is 8.49. The van der Waals surface area contributed by atoms with E-state index in [9.17, 15) is 4.79 Å². The van der Waals surface area contributed by atoms with Gasteiger partial charge in [-0.25, -0.2) is 4.98 Å². The molecule has 0 spiro atoms. The quantitative estimate of drug-likeness (QED) is 0.607. The first-order valence-electron chi connectivity index (χ1n) is 5.21. The standard InChI is InChI=1S/C9H15N5O/c15-9(7-2-1-4-10-7)11-5-3-8-12-6-13-14-8/h6-7,10H,1-5H2,(H,11,15)(H,12,13,14)/t7-/m0/s1. The number of carbonyl (C=O) groups is 1. The monoisotopic (exact) mass is 209 g/mol. The van der Waals surface area contributed by atoms with Gasteiger partial charge in [0.05, 0.1) is 6.04 Å². The summed E-state index contributed by atoms with van der Waals surface area (Å²) in [5.74, 6) is 0.890. The molecule has 0 aromatic carbocycles. The molecular weight excluding hydrogens is 194 g/mol. The number of aromatic amines is 1. The third-order valence-electron chi connectivity index (χ3n) is 2.50. The van der Waals surface area contributed by atoms with Gasteiger partial charge in [-0.05, 0) is 19.4 Å². The SMILES string of the molecule is O=C(NCCc1ncn[nH]1)[C@@H]1CCCN1. The fraction of sp³-hybridized carbons (Fsp3) is 0.667. The van der Waals surface area contributed by atoms with Crippen LogP contribution in [0.5, 0.6) is 0 Å². The topological polar surface area (TPSA) is 82.7 Å². The summed E-state index contributed by atoms with van der Waals surface area (Å²) >= 11 is 0. The average molecular weight is 209 g/mol. The second-order valence-corrected chi connectivity index (χ2v) is 3.62. The Balaban J connectivity index is 1.67. The maximum absolute atomic E-state index is 11.6. The summed E-state index contributed by atoms with van der Waals surface area (Å²) in [6.45, 7) is 1.55. The van der Waals surface area contributed by atoms with E-state index >= 15 is 0 Å². The van der Waals surface area contributed by atoms with Crippen LogP contribution in [0.25, 0.3) is 0 Å². The van der Waals surface area contributed by atoms with Crippen molar-refractivity contribution in [3.05, 3.63) is 12.2 Å². The van der Waals surface area contributed by atoms with Crippen molar-refractivity contribution in [2.75, 3.05) is 13.1 Å². The Bertz CT molecular complexity index is 304. The summed E-state index contributed by atoms with van der Waals surface area (Å²) in [7, 11) is 0. The Morgan fingerprint density at radius 3 is 3.27 bits per heavy atom. The van der Waals surface area contributed by atoms with Crippen molar-refractivity contribution >= 4 is 5.91 Å². The van der Waals surface area contributed by atoms with E-state index in [-0.39, 0.29) is 11.9 Å². The molecule has 1 amide bonds. The van der Waals surface area contributed by atoms with Gasteiger partial charge in [-0.3, -0.25) is 9.89 Å². The Hall–Kier alpha value is -1.43. The number of hydrogen-bond donors (Lipinski definition) is 3. The first kappa shape index (κ1) is 10.1. The molecule has 1 aliphatic heterocycles. The summed E-state index contributed by atoms with van der Waals surface area (Å²) in [6.07, 6.45) is 4.18. The molecule has 2 heterocycles. The second-order valence-electron chi connectivity index (χ2n) is 3.62. The molecule has 6 nitrogen and oxygen atoms in total. The third kappa shape index (κ3) is 2.76. The van der Waals surface area contributed by atoms with Crippen molar-refractivity contribution in [3.63, 3.8) is 0 Å². The van der Waals surface area contributed by atoms with E-state index in [4.69, 9.17) is 0 Å². The van der Waals surface area contributed by atoms with Crippen LogP contribution in [0.2, 0.25) is 0 Å². The summed E-state index contributed by atoms with van der Waals surface area (Å²) in [4.78, 5) is 15.5. The minimum Gasteiger partial charge on any atom is -0.354 e. The molecule has 1 atom stereocenters. The van der Waals surface area contributed by atoms with Crippen LogP contribution in [0.15, 0.2) is 6.33 Å². The first-order chi connectivity index (χ1) is 7.36. The molecule has 1 saturated heterocycles. The minimum atomic E-state index is -0.000254. The predicted molar refractivity (Wildman–Crippen MR) is 54.1 cm³/mol. The van der Waals surface area contributed by atoms with Crippen molar-refractivity contribution in [1.29, 1.82) is 0 Å². The van der Waals surface area contributed by atoms with Crippen LogP contribution >= 0.6 is 0 Å². The van der Waals surface area contributed by atoms with Gasteiger partial charge in [0.1, 0.15) is 12.2 Å². The number of rotatable bonds is 4. The average Bonchev–Trinajstić information content (AvgIpc) is 2.90. The van der Waals surface area contributed by atoms with E-state index in [1.807, 2.05) is 0 Å². The Kier molecular flexibility index (Phi) is 3.29. The van der Waals surface area contributed by atoms with Crippen molar-refractivity contribution < 1.29 is 4.79 Å². The van der Waals surface area contributed by atoms with Gasteiger partial charge in [-0.15, -0.1) is 0 Å². The highest BCUT2D eigenvalue weighted by atomic mass is 16.2. The summed E-state index contributed by atoms with van der Waals surface area (Å²) in [5.41, 5.74) is 0. The van der Waals surface area contributed by atoms with E-state index in [2.05, 4.69) is 25.8 Å². The molecule has 0 saturated carbocycles. The number of hydrogen-bond acceptors (Lipinski definition) is 4. The lowest BCUT2D eigenvalue weighted by molar-refractivity contribution is -0.122. The van der Waals surface area contributed by atoms with Gasteiger partial charge < -0.3 is 10.6 Å². The van der Waals surface area contributed by atoms with Crippen molar-refractivity contribution in [2.24, 2.45) is 0 Å². The second kappa shape index (κ2) is 4.88. The van der Waals surface area contributed by atoms with Crippen LogP contribution in [-0.4, -0.2) is 40.2 Å². The Labute approximate surface area is 87.9 Å². The molecule has 0 aliphatic carbocycles. The number of H-pyrrole nitrogens is 1. The van der Waals surface area contributed by atoms with Crippen LogP contribution in [-0.2, 0) is 11.2 Å². The number of amides is 1. The molecule has 0 bridgehead atoms. The van der Waals surface area contributed by atoms with Gasteiger partial charge in [0.25, 0.3) is 0 Å². The molecule has 1 aromatic rings. The van der Waals surface area contributed by atoms with Gasteiger partial charge in [-0.2, -0.15) is 5.10 Å². The Morgan fingerprint density at radius 1 is 1.67 bits per heavy atom. The molecule has 0 radical (unpaired) electrons. The highest BCUT2D eigenvalue weighted by molar-refractivity contribution is 5.81. The Morgan fingerprint density at radius 2 is 2.60 bits per heavy atom. The molecular formula is C9H15N5O. The maximum Gasteiger partial charge on any atom is 0.237 e. The lowest BCUT2D eigenvalue weighted by Crippen LogP contribution is -2.41. The van der Waals surface area contributed by atoms with E-state index in [1.165, 1.54) is 6.33 Å². The van der Waals surface area contributed by atoms with Crippen LogP contribution < -0.4 is 10.6 Å². The van der Waals surface area contributed by atoms with Crippen LogP contribution in [0.1, 0.15) is 18.7 Å². The van der Waals surface area contributed by atoms with Crippen LogP contribution in [0, 0.1) is 0 Å². The molecule has 1 aromatic heterocycles. The third-order valence-corrected chi connectivity index (χ3v) is 2.50. The maximum atomic E-state index is 11.6. The number of aromatic nitrogens is 3. The summed E-state index contributed by atoms with van der Waals surface area (Å²) in [5, 5.41) is 12.5. The van der Waals surface area contributed by atoms with E-state index < -0.39 is 0 Å². The zero-order chi connectivity index (χ0) is 10.5. The zero-order valence-corrected chi connectivity index (χ0v) is 8.49. The first-order valence-corrected chi connectivity index (χ1v) is 5.21. The lowest BCUT2D eigenvalue weighted by Gasteiger charge is -2.09. The highest BCUT2D eigenvalue weighted by Crippen LogP contribution is 2.04. The number of nitrogens with one attached hydrogen (secondary N) is 3. The number of nitrogens with zero attached hydrogens (tertiary/aromatic N) is 2. The molecule has 0 unspecified atom stereocenters. The molecule has 82 valence electrons. The van der Waals surface area contributed by atoms with E-state index in [0.29, 0.717) is 13.0 Å². The molecule has 1 aliphatic rings. The van der Waals surface area contributed by atoms with Crippen LogP contribution in [0.3, 0.4) is 0 Å². The lowest BCUT2D eigenvalue weighted by atomic mass is 10.2.